The Hall–Kier alpha value is -1.24. The molecule has 1 aromatic heterocycles. The van der Waals surface area contributed by atoms with Gasteiger partial charge in [-0.2, -0.15) is 0 Å². The summed E-state index contributed by atoms with van der Waals surface area (Å²) in [7, 11) is 1.81. The zero-order valence-corrected chi connectivity index (χ0v) is 12.3. The lowest BCUT2D eigenvalue weighted by Crippen LogP contribution is -2.37. The summed E-state index contributed by atoms with van der Waals surface area (Å²) in [5.41, 5.74) is 5.64. The van der Waals surface area contributed by atoms with E-state index in [0.717, 1.165) is 25.9 Å². The van der Waals surface area contributed by atoms with Crippen molar-refractivity contribution in [1.82, 2.24) is 19.7 Å². The van der Waals surface area contributed by atoms with Gasteiger partial charge in [0.15, 0.2) is 5.16 Å². The summed E-state index contributed by atoms with van der Waals surface area (Å²) in [6, 6.07) is 0. The second kappa shape index (κ2) is 6.27. The summed E-state index contributed by atoms with van der Waals surface area (Å²) >= 11 is 1.42. The zero-order chi connectivity index (χ0) is 13.8. The van der Waals surface area contributed by atoms with Crippen LogP contribution in [0, 0.1) is 0 Å². The van der Waals surface area contributed by atoms with Crippen LogP contribution < -0.4 is 5.73 Å². The minimum atomic E-state index is -0.152. The Kier molecular flexibility index (Phi) is 4.68. The first-order valence-corrected chi connectivity index (χ1v) is 7.58. The molecule has 1 aliphatic rings. The van der Waals surface area contributed by atoms with Crippen molar-refractivity contribution in [2.45, 2.75) is 43.0 Å². The first-order chi connectivity index (χ1) is 9.09. The maximum atomic E-state index is 12.4. The van der Waals surface area contributed by atoms with Gasteiger partial charge in [0.25, 0.3) is 0 Å². The van der Waals surface area contributed by atoms with Crippen LogP contribution >= 0.6 is 11.8 Å². The van der Waals surface area contributed by atoms with Gasteiger partial charge in [-0.1, -0.05) is 24.6 Å². The molecule has 0 radical (unpaired) electrons. The second-order valence-electron chi connectivity index (χ2n) is 4.90. The van der Waals surface area contributed by atoms with E-state index >= 15 is 0 Å². The highest BCUT2D eigenvalue weighted by Crippen LogP contribution is 2.24. The first kappa shape index (κ1) is 14.2. The Labute approximate surface area is 117 Å². The van der Waals surface area contributed by atoms with Gasteiger partial charge in [-0.3, -0.25) is 9.36 Å². The Morgan fingerprint density at radius 1 is 1.26 bits per heavy atom. The number of aromatic nitrogens is 3. The van der Waals surface area contributed by atoms with E-state index in [2.05, 4.69) is 10.2 Å². The van der Waals surface area contributed by atoms with Gasteiger partial charge in [0.05, 0.1) is 5.25 Å². The quantitative estimate of drug-likeness (QED) is 0.846. The molecule has 106 valence electrons. The summed E-state index contributed by atoms with van der Waals surface area (Å²) in [5.74, 6) is 0.561. The third kappa shape index (κ3) is 3.40. The predicted octanol–water partition coefficient (Wildman–Crippen LogP) is 1.28. The van der Waals surface area contributed by atoms with E-state index < -0.39 is 0 Å². The molecule has 1 aliphatic heterocycles. The molecule has 0 saturated carbocycles. The molecule has 1 unspecified atom stereocenters. The average Bonchev–Trinajstić information content (AvgIpc) is 2.66. The Morgan fingerprint density at radius 3 is 2.42 bits per heavy atom. The number of amides is 1. The minimum absolute atomic E-state index is 0.152. The number of hydrogen-bond acceptors (Lipinski definition) is 5. The van der Waals surface area contributed by atoms with Crippen molar-refractivity contribution in [1.29, 1.82) is 0 Å². The second-order valence-corrected chi connectivity index (χ2v) is 6.21. The molecule has 1 aromatic rings. The molecule has 6 nitrogen and oxygen atoms in total. The highest BCUT2D eigenvalue weighted by atomic mass is 32.2. The molecule has 0 bridgehead atoms. The summed E-state index contributed by atoms with van der Waals surface area (Å²) < 4.78 is 1.71. The van der Waals surface area contributed by atoms with Gasteiger partial charge < -0.3 is 10.6 Å². The molecular formula is C12H21N5OS. The molecule has 0 aromatic carbocycles. The zero-order valence-electron chi connectivity index (χ0n) is 11.5. The molecule has 2 rings (SSSR count). The van der Waals surface area contributed by atoms with Gasteiger partial charge in [0.2, 0.25) is 11.9 Å². The van der Waals surface area contributed by atoms with Crippen molar-refractivity contribution < 1.29 is 4.79 Å². The van der Waals surface area contributed by atoms with Crippen LogP contribution in [0.4, 0.5) is 5.95 Å². The number of carbonyl (C=O) groups excluding carboxylic acids is 1. The van der Waals surface area contributed by atoms with Crippen LogP contribution in [-0.4, -0.2) is 43.9 Å². The summed E-state index contributed by atoms with van der Waals surface area (Å²) in [6.07, 6.45) is 4.68. The van der Waals surface area contributed by atoms with Crippen molar-refractivity contribution in [3.05, 3.63) is 0 Å². The number of likely N-dealkylation sites (tertiary alicyclic amines) is 1. The number of anilines is 1. The normalized spacial score (nSPS) is 18.1. The van der Waals surface area contributed by atoms with E-state index in [-0.39, 0.29) is 11.2 Å². The smallest absolute Gasteiger partial charge is 0.235 e. The molecule has 1 amide bonds. The molecule has 1 saturated heterocycles. The number of hydrogen-bond donors (Lipinski definition) is 1. The number of carbonyl (C=O) groups is 1. The molecular weight excluding hydrogens is 262 g/mol. The van der Waals surface area contributed by atoms with Gasteiger partial charge in [-0.05, 0) is 19.8 Å². The van der Waals surface area contributed by atoms with Crippen LogP contribution in [0.25, 0.3) is 0 Å². The van der Waals surface area contributed by atoms with Crippen LogP contribution in [0.5, 0.6) is 0 Å². The molecule has 1 fully saturated rings. The van der Waals surface area contributed by atoms with Gasteiger partial charge in [-0.15, -0.1) is 10.2 Å². The first-order valence-electron chi connectivity index (χ1n) is 6.70. The van der Waals surface area contributed by atoms with Crippen LogP contribution in [0.1, 0.15) is 32.6 Å². The van der Waals surface area contributed by atoms with Crippen LogP contribution in [-0.2, 0) is 11.8 Å². The van der Waals surface area contributed by atoms with E-state index in [1.807, 2.05) is 11.8 Å². The Bertz CT molecular complexity index is 439. The average molecular weight is 283 g/mol. The van der Waals surface area contributed by atoms with Crippen molar-refractivity contribution in [3.63, 3.8) is 0 Å². The van der Waals surface area contributed by atoms with E-state index in [1.54, 1.807) is 11.6 Å². The fourth-order valence-electron chi connectivity index (χ4n) is 2.19. The third-order valence-electron chi connectivity index (χ3n) is 3.42. The summed E-state index contributed by atoms with van der Waals surface area (Å²) in [5, 5.41) is 8.32. The summed E-state index contributed by atoms with van der Waals surface area (Å²) in [6.45, 7) is 3.68. The van der Waals surface area contributed by atoms with Crippen molar-refractivity contribution in [3.8, 4) is 0 Å². The summed E-state index contributed by atoms with van der Waals surface area (Å²) in [4.78, 5) is 14.4. The molecule has 2 N–H and O–H groups in total. The Morgan fingerprint density at radius 2 is 1.89 bits per heavy atom. The highest BCUT2D eigenvalue weighted by molar-refractivity contribution is 8.00. The highest BCUT2D eigenvalue weighted by Gasteiger charge is 2.24. The van der Waals surface area contributed by atoms with Gasteiger partial charge in [0.1, 0.15) is 0 Å². The molecule has 1 atom stereocenters. The predicted molar refractivity (Wildman–Crippen MR) is 75.8 cm³/mol. The van der Waals surface area contributed by atoms with Crippen molar-refractivity contribution >= 4 is 23.6 Å². The fourth-order valence-corrected chi connectivity index (χ4v) is 3.09. The molecule has 0 aliphatic carbocycles. The number of nitrogen functional groups attached to an aromatic ring is 1. The van der Waals surface area contributed by atoms with E-state index in [4.69, 9.17) is 5.73 Å². The van der Waals surface area contributed by atoms with E-state index in [0.29, 0.717) is 11.1 Å². The lowest BCUT2D eigenvalue weighted by molar-refractivity contribution is -0.130. The van der Waals surface area contributed by atoms with Crippen LogP contribution in [0.2, 0.25) is 0 Å². The number of rotatable bonds is 3. The van der Waals surface area contributed by atoms with Crippen molar-refractivity contribution in [2.75, 3.05) is 18.8 Å². The monoisotopic (exact) mass is 283 g/mol. The largest absolute Gasteiger partial charge is 0.368 e. The fraction of sp³-hybridized carbons (Fsp3) is 0.750. The minimum Gasteiger partial charge on any atom is -0.368 e. The van der Waals surface area contributed by atoms with Gasteiger partial charge >= 0.3 is 0 Å². The number of nitrogens with zero attached hydrogens (tertiary/aromatic N) is 4. The molecule has 19 heavy (non-hydrogen) atoms. The van der Waals surface area contributed by atoms with Gasteiger partial charge in [0, 0.05) is 20.1 Å². The lowest BCUT2D eigenvalue weighted by atomic mass is 10.2. The molecule has 0 spiro atoms. The maximum Gasteiger partial charge on any atom is 0.235 e. The maximum absolute atomic E-state index is 12.4. The standard InChI is InChI=1S/C12H21N5OS/c1-9(19-12-15-14-11(13)16(12)2)10(18)17-7-5-3-4-6-8-17/h9H,3-8H2,1-2H3,(H2,13,14). The number of thioether (sulfide) groups is 1. The SMILES string of the molecule is CC(Sc1nnc(N)n1C)C(=O)N1CCCCCC1. The molecule has 7 heteroatoms. The Balaban J connectivity index is 1.96. The van der Waals surface area contributed by atoms with Crippen LogP contribution in [0.15, 0.2) is 5.16 Å². The topological polar surface area (TPSA) is 77.0 Å². The van der Waals surface area contributed by atoms with Crippen molar-refractivity contribution in [2.24, 2.45) is 7.05 Å². The van der Waals surface area contributed by atoms with E-state index in [1.165, 1.54) is 24.6 Å². The molecule has 2 heterocycles. The van der Waals surface area contributed by atoms with Gasteiger partial charge in [-0.25, -0.2) is 0 Å². The number of nitrogens with two attached hydrogens (primary N) is 1. The van der Waals surface area contributed by atoms with E-state index in [9.17, 15) is 4.79 Å². The van der Waals surface area contributed by atoms with Crippen LogP contribution in [0.3, 0.4) is 0 Å². The lowest BCUT2D eigenvalue weighted by Gasteiger charge is -2.23. The third-order valence-corrected chi connectivity index (χ3v) is 4.54.